The van der Waals surface area contributed by atoms with E-state index in [0.717, 1.165) is 38.7 Å². The molecule has 3 saturated heterocycles. The maximum absolute atomic E-state index is 12.1. The molecule has 3 aliphatic heterocycles. The molecule has 4 atom stereocenters. The molecule has 0 unspecified atom stereocenters. The largest absolute Gasteiger partial charge is 0.480 e. The first-order valence-corrected chi connectivity index (χ1v) is 13.2. The van der Waals surface area contributed by atoms with E-state index in [9.17, 15) is 9.59 Å². The molecular formula is C25H50B2N2O8. The fraction of sp³-hybridized carbons (Fsp3) is 0.920. The van der Waals surface area contributed by atoms with Crippen molar-refractivity contribution in [1.29, 1.82) is 0 Å². The molecule has 10 nitrogen and oxygen atoms in total. The van der Waals surface area contributed by atoms with E-state index in [2.05, 4.69) is 38.3 Å². The molecule has 0 saturated carbocycles. The lowest BCUT2D eigenvalue weighted by Crippen LogP contribution is -2.58. The number of ether oxygens (including phenoxy) is 1. The Morgan fingerprint density at radius 1 is 0.973 bits per heavy atom. The topological polar surface area (TPSA) is 147 Å². The van der Waals surface area contributed by atoms with Crippen LogP contribution < -0.4 is 10.6 Å². The number of hydrogen-bond acceptors (Lipinski definition) is 9. The van der Waals surface area contributed by atoms with Crippen LogP contribution in [0.15, 0.2) is 0 Å². The summed E-state index contributed by atoms with van der Waals surface area (Å²) in [7, 11) is -1.41. The second-order valence-corrected chi connectivity index (χ2v) is 12.2. The summed E-state index contributed by atoms with van der Waals surface area (Å²) in [6.45, 7) is 15.6. The number of carbonyl (C=O) groups excluding carboxylic acids is 1. The summed E-state index contributed by atoms with van der Waals surface area (Å²) in [6, 6.07) is -0.594. The summed E-state index contributed by atoms with van der Waals surface area (Å²) >= 11 is 0. The summed E-state index contributed by atoms with van der Waals surface area (Å²) in [5, 5.41) is 31.8. The van der Waals surface area contributed by atoms with Crippen molar-refractivity contribution in [1.82, 2.24) is 10.6 Å². The Morgan fingerprint density at radius 2 is 1.46 bits per heavy atom. The maximum atomic E-state index is 12.1. The van der Waals surface area contributed by atoms with Gasteiger partial charge in [0.15, 0.2) is 0 Å². The van der Waals surface area contributed by atoms with Crippen LogP contribution in [0.2, 0.25) is 12.6 Å². The summed E-state index contributed by atoms with van der Waals surface area (Å²) in [5.41, 5.74) is -0.967. The van der Waals surface area contributed by atoms with Gasteiger partial charge >= 0.3 is 26.2 Å². The van der Waals surface area contributed by atoms with Crippen molar-refractivity contribution in [2.75, 3.05) is 13.1 Å². The molecule has 3 aliphatic rings. The normalized spacial score (nSPS) is 27.5. The summed E-state index contributed by atoms with van der Waals surface area (Å²) < 4.78 is 17.5. The van der Waals surface area contributed by atoms with Gasteiger partial charge < -0.3 is 39.8 Å². The van der Waals surface area contributed by atoms with E-state index in [0.29, 0.717) is 18.7 Å². The Labute approximate surface area is 223 Å². The summed E-state index contributed by atoms with van der Waals surface area (Å²) in [6.07, 6.45) is 4.56. The van der Waals surface area contributed by atoms with Crippen molar-refractivity contribution in [3.8, 4) is 0 Å². The second kappa shape index (κ2) is 13.8. The van der Waals surface area contributed by atoms with Gasteiger partial charge in [0.25, 0.3) is 0 Å². The van der Waals surface area contributed by atoms with Crippen LogP contribution in [0.25, 0.3) is 0 Å². The fourth-order valence-corrected chi connectivity index (χ4v) is 4.46. The van der Waals surface area contributed by atoms with E-state index in [4.69, 9.17) is 29.2 Å². The third-order valence-corrected chi connectivity index (χ3v) is 7.42. The first-order valence-electron chi connectivity index (χ1n) is 13.2. The number of aliphatic carboxylic acids is 1. The van der Waals surface area contributed by atoms with Crippen molar-refractivity contribution in [3.05, 3.63) is 0 Å². The minimum absolute atomic E-state index is 0. The third-order valence-electron chi connectivity index (χ3n) is 7.42. The molecule has 0 aromatic heterocycles. The molecule has 0 aliphatic carbocycles. The summed E-state index contributed by atoms with van der Waals surface area (Å²) in [4.78, 5) is 22.6. The van der Waals surface area contributed by atoms with Crippen LogP contribution in [0.5, 0.6) is 0 Å². The molecule has 12 heteroatoms. The molecule has 5 N–H and O–H groups in total. The molecule has 0 spiro atoms. The van der Waals surface area contributed by atoms with Crippen molar-refractivity contribution in [2.24, 2.45) is 11.8 Å². The highest BCUT2D eigenvalue weighted by Gasteiger charge is 2.50. The van der Waals surface area contributed by atoms with Gasteiger partial charge in [-0.2, -0.15) is 0 Å². The van der Waals surface area contributed by atoms with Gasteiger partial charge in [-0.05, 0) is 85.8 Å². The number of nitrogens with one attached hydrogen (secondary N) is 2. The van der Waals surface area contributed by atoms with Crippen molar-refractivity contribution in [2.45, 2.75) is 123 Å². The predicted octanol–water partition coefficient (Wildman–Crippen LogP) is 2.34. The van der Waals surface area contributed by atoms with Gasteiger partial charge in [-0.25, -0.2) is 0 Å². The highest BCUT2D eigenvalue weighted by atomic mass is 16.7. The van der Waals surface area contributed by atoms with Crippen molar-refractivity contribution in [3.63, 3.8) is 0 Å². The van der Waals surface area contributed by atoms with E-state index in [-0.39, 0.29) is 43.7 Å². The zero-order valence-corrected chi connectivity index (χ0v) is 23.0. The van der Waals surface area contributed by atoms with Crippen LogP contribution in [0.4, 0.5) is 0 Å². The number of hydrogen-bond donors (Lipinski definition) is 5. The lowest BCUT2D eigenvalue weighted by molar-refractivity contribution is -0.162. The predicted molar refractivity (Wildman–Crippen MR) is 145 cm³/mol. The molecule has 0 aromatic carbocycles. The highest BCUT2D eigenvalue weighted by molar-refractivity contribution is 6.45. The number of carboxylic acid groups (broad SMARTS) is 1. The Morgan fingerprint density at radius 3 is 1.86 bits per heavy atom. The SMILES string of the molecule is C.CC(C)(C)OC(=O)[C@H]1NC[C@@H]1CCCB1OC(C)(C)C(C)(C)O1.O=C(O)[C@H]1NC[C@@H]1CCCB(O)O. The third kappa shape index (κ3) is 10.1. The highest BCUT2D eigenvalue weighted by Crippen LogP contribution is 2.38. The molecular weight excluding hydrogens is 478 g/mol. The zero-order chi connectivity index (χ0) is 27.3. The van der Waals surface area contributed by atoms with Gasteiger partial charge in [0.2, 0.25) is 0 Å². The lowest BCUT2D eigenvalue weighted by atomic mass is 9.78. The Kier molecular flexibility index (Phi) is 12.6. The lowest BCUT2D eigenvalue weighted by Gasteiger charge is -2.37. The number of esters is 1. The molecule has 0 amide bonds. The molecule has 3 fully saturated rings. The van der Waals surface area contributed by atoms with Crippen molar-refractivity contribution < 1.29 is 38.8 Å². The first-order chi connectivity index (χ1) is 16.5. The number of rotatable bonds is 10. The van der Waals surface area contributed by atoms with Gasteiger partial charge in [-0.3, -0.25) is 9.59 Å². The molecule has 0 aromatic rings. The average Bonchev–Trinajstić information content (AvgIpc) is 2.85. The van der Waals surface area contributed by atoms with Crippen LogP contribution in [-0.2, 0) is 23.6 Å². The monoisotopic (exact) mass is 528 g/mol. The minimum atomic E-state index is -1.27. The molecule has 3 heterocycles. The number of carbonyl (C=O) groups is 2. The van der Waals surface area contributed by atoms with Gasteiger partial charge in [0, 0.05) is 13.1 Å². The van der Waals surface area contributed by atoms with Gasteiger partial charge in [0.05, 0.1) is 11.2 Å². The van der Waals surface area contributed by atoms with Crippen molar-refractivity contribution >= 4 is 26.2 Å². The maximum Gasteiger partial charge on any atom is 0.457 e. The second-order valence-electron chi connectivity index (χ2n) is 12.2. The van der Waals surface area contributed by atoms with Crippen LogP contribution in [0.3, 0.4) is 0 Å². The van der Waals surface area contributed by atoms with E-state index < -0.39 is 24.7 Å². The van der Waals surface area contributed by atoms with E-state index in [1.165, 1.54) is 0 Å². The standard InChI is InChI=1S/C17H32BNO4.C7H14BNO4.CH4/c1-15(2,3)21-14(20)13-12(11-19-13)9-8-10-18-22-16(4,5)17(6,7)23-18;10-7(11)6-5(4-9-6)2-1-3-8(12)13;/h12-13,19H,8-11H2,1-7H3;5-6,9,12-13H,1-4H2,(H,10,11);1H4/t12-,13-;5-,6-;/m00./s1. The van der Waals surface area contributed by atoms with Crippen LogP contribution in [-0.4, -0.2) is 83.3 Å². The van der Waals surface area contributed by atoms with Gasteiger partial charge in [0.1, 0.15) is 17.7 Å². The van der Waals surface area contributed by atoms with E-state index in [1.807, 2.05) is 20.8 Å². The molecule has 0 bridgehead atoms. The minimum Gasteiger partial charge on any atom is -0.480 e. The Bertz CT molecular complexity index is 729. The molecule has 37 heavy (non-hydrogen) atoms. The number of carboxylic acids is 1. The quantitative estimate of drug-likeness (QED) is 0.212. The first kappa shape index (κ1) is 33.9. The Balaban J connectivity index is 0.000000417. The van der Waals surface area contributed by atoms with E-state index in [1.54, 1.807) is 0 Å². The molecule has 214 valence electrons. The van der Waals surface area contributed by atoms with Crippen LogP contribution in [0, 0.1) is 11.8 Å². The smallest absolute Gasteiger partial charge is 0.457 e. The fourth-order valence-electron chi connectivity index (χ4n) is 4.46. The summed E-state index contributed by atoms with van der Waals surface area (Å²) in [5.74, 6) is -0.450. The van der Waals surface area contributed by atoms with E-state index >= 15 is 0 Å². The molecule has 0 radical (unpaired) electrons. The van der Waals surface area contributed by atoms with Crippen LogP contribution in [0.1, 0.15) is 81.6 Å². The zero-order valence-electron chi connectivity index (χ0n) is 23.0. The van der Waals surface area contributed by atoms with Crippen LogP contribution >= 0.6 is 0 Å². The van der Waals surface area contributed by atoms with Gasteiger partial charge in [-0.15, -0.1) is 0 Å². The average molecular weight is 528 g/mol. The molecule has 3 rings (SSSR count). The van der Waals surface area contributed by atoms with Gasteiger partial charge in [-0.1, -0.05) is 20.3 Å². The Hall–Kier alpha value is -1.17.